The van der Waals surface area contributed by atoms with E-state index in [1.807, 2.05) is 70.0 Å². The molecule has 3 rings (SSSR count). The SMILES string of the molecule is CC.CCC(N)C(=O)Nc1c(C)c(-c2cnc(N(C)CCOC)nc2)nn1-c1ccccc1. The molecule has 0 saturated heterocycles. The molecule has 0 radical (unpaired) electrons. The van der Waals surface area contributed by atoms with Gasteiger partial charge < -0.3 is 20.7 Å². The number of aromatic nitrogens is 4. The first-order chi connectivity index (χ1) is 16.0. The molecule has 1 unspecified atom stereocenters. The van der Waals surface area contributed by atoms with Crippen LogP contribution in [0.4, 0.5) is 11.8 Å². The van der Waals surface area contributed by atoms with Crippen molar-refractivity contribution in [3.05, 3.63) is 48.3 Å². The molecule has 0 aliphatic heterocycles. The molecular weight excluding hydrogens is 418 g/mol. The summed E-state index contributed by atoms with van der Waals surface area (Å²) >= 11 is 0. The second kappa shape index (κ2) is 12.7. The van der Waals surface area contributed by atoms with Gasteiger partial charge in [-0.3, -0.25) is 4.79 Å². The fourth-order valence-corrected chi connectivity index (χ4v) is 3.04. The fourth-order valence-electron chi connectivity index (χ4n) is 3.04. The lowest BCUT2D eigenvalue weighted by Gasteiger charge is -2.16. The van der Waals surface area contributed by atoms with Gasteiger partial charge in [0.25, 0.3) is 0 Å². The number of hydrogen-bond acceptors (Lipinski definition) is 7. The van der Waals surface area contributed by atoms with Crippen LogP contribution in [0, 0.1) is 6.92 Å². The molecule has 1 amide bonds. The van der Waals surface area contributed by atoms with Crippen LogP contribution in [-0.2, 0) is 9.53 Å². The third-order valence-corrected chi connectivity index (χ3v) is 5.03. The number of ether oxygens (including phenoxy) is 1. The number of benzene rings is 1. The van der Waals surface area contributed by atoms with Crippen molar-refractivity contribution in [2.24, 2.45) is 5.73 Å². The molecule has 0 fully saturated rings. The summed E-state index contributed by atoms with van der Waals surface area (Å²) in [5, 5.41) is 7.70. The molecule has 0 aliphatic rings. The van der Waals surface area contributed by atoms with Crippen LogP contribution >= 0.6 is 0 Å². The molecule has 2 heterocycles. The van der Waals surface area contributed by atoms with E-state index in [9.17, 15) is 4.79 Å². The number of likely N-dealkylation sites (N-methyl/N-ethyl adjacent to an activating group) is 1. The zero-order valence-electron chi connectivity index (χ0n) is 20.4. The molecule has 178 valence electrons. The van der Waals surface area contributed by atoms with Gasteiger partial charge in [-0.05, 0) is 25.5 Å². The number of nitrogens with one attached hydrogen (secondary N) is 1. The maximum Gasteiger partial charge on any atom is 0.242 e. The highest BCUT2D eigenvalue weighted by molar-refractivity contribution is 5.95. The molecule has 1 aromatic carbocycles. The van der Waals surface area contributed by atoms with Crippen LogP contribution in [0.5, 0.6) is 0 Å². The first kappa shape index (κ1) is 26.0. The smallest absolute Gasteiger partial charge is 0.242 e. The lowest BCUT2D eigenvalue weighted by Crippen LogP contribution is -2.35. The molecule has 9 heteroatoms. The van der Waals surface area contributed by atoms with Crippen molar-refractivity contribution in [2.75, 3.05) is 37.5 Å². The minimum atomic E-state index is -0.591. The molecule has 9 nitrogen and oxygen atoms in total. The Morgan fingerprint density at radius 3 is 2.42 bits per heavy atom. The lowest BCUT2D eigenvalue weighted by molar-refractivity contribution is -0.117. The molecule has 0 spiro atoms. The maximum atomic E-state index is 12.5. The summed E-state index contributed by atoms with van der Waals surface area (Å²) in [5.41, 5.74) is 9.01. The number of nitrogens with two attached hydrogens (primary N) is 1. The number of para-hydroxylation sites is 1. The highest BCUT2D eigenvalue weighted by Gasteiger charge is 2.21. The van der Waals surface area contributed by atoms with Gasteiger partial charge in [0.05, 0.1) is 18.3 Å². The standard InChI is InChI=1S/C22H29N7O2.C2H6/c1-5-18(23)21(30)26-20-15(2)19(27-29(20)17-9-7-6-8-10-17)16-13-24-22(25-14-16)28(3)11-12-31-4;1-2/h6-10,13-14,18H,5,11-12,23H2,1-4H3,(H,26,30);1-2H3. The van der Waals surface area contributed by atoms with Crippen molar-refractivity contribution in [2.45, 2.75) is 40.2 Å². The van der Waals surface area contributed by atoms with Gasteiger partial charge in [-0.1, -0.05) is 39.0 Å². The van der Waals surface area contributed by atoms with Crippen molar-refractivity contribution >= 4 is 17.7 Å². The number of amides is 1. The minimum absolute atomic E-state index is 0.249. The average molecular weight is 454 g/mol. The van der Waals surface area contributed by atoms with Crippen LogP contribution in [0.15, 0.2) is 42.7 Å². The van der Waals surface area contributed by atoms with Gasteiger partial charge in [-0.25, -0.2) is 14.6 Å². The number of nitrogens with zero attached hydrogens (tertiary/aromatic N) is 5. The van der Waals surface area contributed by atoms with Crippen LogP contribution in [0.1, 0.15) is 32.8 Å². The van der Waals surface area contributed by atoms with Gasteiger partial charge >= 0.3 is 0 Å². The molecule has 2 aromatic heterocycles. The Bertz CT molecular complexity index is 1000. The number of anilines is 2. The van der Waals surface area contributed by atoms with Crippen LogP contribution in [-0.4, -0.2) is 59.0 Å². The predicted molar refractivity (Wildman–Crippen MR) is 133 cm³/mol. The molecule has 1 atom stereocenters. The fraction of sp³-hybridized carbons (Fsp3) is 0.417. The van der Waals surface area contributed by atoms with E-state index in [1.165, 1.54) is 0 Å². The Morgan fingerprint density at radius 2 is 1.85 bits per heavy atom. The number of methoxy groups -OCH3 is 1. The molecule has 3 aromatic rings. The van der Waals surface area contributed by atoms with E-state index in [4.69, 9.17) is 15.6 Å². The van der Waals surface area contributed by atoms with Gasteiger partial charge in [0, 0.05) is 44.2 Å². The zero-order valence-corrected chi connectivity index (χ0v) is 20.4. The van der Waals surface area contributed by atoms with Crippen molar-refractivity contribution in [1.82, 2.24) is 19.7 Å². The van der Waals surface area contributed by atoms with E-state index in [0.29, 0.717) is 37.0 Å². The monoisotopic (exact) mass is 453 g/mol. The summed E-state index contributed by atoms with van der Waals surface area (Å²) in [6.07, 6.45) is 4.02. The summed E-state index contributed by atoms with van der Waals surface area (Å²) in [5.74, 6) is 0.931. The number of rotatable bonds is 9. The van der Waals surface area contributed by atoms with E-state index in [2.05, 4.69) is 15.3 Å². The second-order valence-electron chi connectivity index (χ2n) is 7.26. The Morgan fingerprint density at radius 1 is 1.21 bits per heavy atom. The minimum Gasteiger partial charge on any atom is -0.383 e. The largest absolute Gasteiger partial charge is 0.383 e. The van der Waals surface area contributed by atoms with Crippen LogP contribution in [0.25, 0.3) is 16.9 Å². The van der Waals surface area contributed by atoms with E-state index in [-0.39, 0.29) is 5.91 Å². The average Bonchev–Trinajstić information content (AvgIpc) is 3.19. The van der Waals surface area contributed by atoms with Gasteiger partial charge in [-0.15, -0.1) is 0 Å². The molecule has 0 aliphatic carbocycles. The molecule has 33 heavy (non-hydrogen) atoms. The van der Waals surface area contributed by atoms with E-state index >= 15 is 0 Å². The summed E-state index contributed by atoms with van der Waals surface area (Å²) in [6, 6.07) is 9.03. The lowest BCUT2D eigenvalue weighted by atomic mass is 10.1. The topological polar surface area (TPSA) is 111 Å². The molecule has 0 bridgehead atoms. The molecular formula is C24H35N7O2. The maximum absolute atomic E-state index is 12.5. The first-order valence-electron chi connectivity index (χ1n) is 11.2. The molecule has 0 saturated carbocycles. The van der Waals surface area contributed by atoms with Gasteiger partial charge in [0.2, 0.25) is 11.9 Å². The van der Waals surface area contributed by atoms with Crippen molar-refractivity contribution < 1.29 is 9.53 Å². The van der Waals surface area contributed by atoms with Crippen molar-refractivity contribution in [1.29, 1.82) is 0 Å². The summed E-state index contributed by atoms with van der Waals surface area (Å²) < 4.78 is 6.82. The van der Waals surface area contributed by atoms with E-state index < -0.39 is 6.04 Å². The van der Waals surface area contributed by atoms with Gasteiger partial charge in [0.1, 0.15) is 11.5 Å². The normalized spacial score (nSPS) is 11.4. The third kappa shape index (κ3) is 6.36. The third-order valence-electron chi connectivity index (χ3n) is 5.03. The number of hydrogen-bond donors (Lipinski definition) is 2. The Kier molecular flexibility index (Phi) is 9.96. The van der Waals surface area contributed by atoms with Gasteiger partial charge in [-0.2, -0.15) is 5.10 Å². The van der Waals surface area contributed by atoms with Gasteiger partial charge in [0.15, 0.2) is 0 Å². The second-order valence-corrected chi connectivity index (χ2v) is 7.26. The van der Waals surface area contributed by atoms with Crippen LogP contribution in [0.2, 0.25) is 0 Å². The van der Waals surface area contributed by atoms with Crippen LogP contribution < -0.4 is 16.0 Å². The summed E-state index contributed by atoms with van der Waals surface area (Å²) in [4.78, 5) is 23.4. The summed E-state index contributed by atoms with van der Waals surface area (Å²) in [6.45, 7) is 9.06. The highest BCUT2D eigenvalue weighted by atomic mass is 16.5. The van der Waals surface area contributed by atoms with Crippen molar-refractivity contribution in [3.63, 3.8) is 0 Å². The van der Waals surface area contributed by atoms with Crippen molar-refractivity contribution in [3.8, 4) is 16.9 Å². The molecule has 3 N–H and O–H groups in total. The first-order valence-corrected chi connectivity index (χ1v) is 11.2. The predicted octanol–water partition coefficient (Wildman–Crippen LogP) is 3.42. The quantitative estimate of drug-likeness (QED) is 0.511. The van der Waals surface area contributed by atoms with Crippen LogP contribution in [0.3, 0.4) is 0 Å². The zero-order chi connectivity index (χ0) is 24.4. The highest BCUT2D eigenvalue weighted by Crippen LogP contribution is 2.30. The number of carbonyl (C=O) groups excluding carboxylic acids is 1. The summed E-state index contributed by atoms with van der Waals surface area (Å²) in [7, 11) is 3.57. The Hall–Kier alpha value is -3.30. The number of carbonyl (C=O) groups is 1. The van der Waals surface area contributed by atoms with E-state index in [1.54, 1.807) is 24.2 Å². The Balaban J connectivity index is 0.00000187. The Labute approximate surface area is 196 Å². The van der Waals surface area contributed by atoms with E-state index in [0.717, 1.165) is 16.8 Å².